The third-order valence-electron chi connectivity index (χ3n) is 4.32. The third kappa shape index (κ3) is 6.20. The van der Waals surface area contributed by atoms with Gasteiger partial charge >= 0.3 is 0 Å². The first kappa shape index (κ1) is 17.8. The minimum absolute atomic E-state index is 0.00306. The molecule has 1 fully saturated rings. The molecule has 1 aromatic rings. The number of piperidine rings is 1. The monoisotopic (exact) mass is 318 g/mol. The van der Waals surface area contributed by atoms with Crippen LogP contribution in [-0.2, 0) is 4.79 Å². The fourth-order valence-corrected chi connectivity index (χ4v) is 2.73. The summed E-state index contributed by atoms with van der Waals surface area (Å²) in [5.74, 6) is 0.841. The molecule has 0 aromatic heterocycles. The number of nitrogens with one attached hydrogen (secondary N) is 2. The summed E-state index contributed by atoms with van der Waals surface area (Å²) < 4.78 is 0. The Bertz CT molecular complexity index is 478. The molecule has 0 unspecified atom stereocenters. The summed E-state index contributed by atoms with van der Waals surface area (Å²) in [7, 11) is 4.04. The van der Waals surface area contributed by atoms with E-state index in [-0.39, 0.29) is 5.91 Å². The first-order chi connectivity index (χ1) is 11.0. The Hall–Kier alpha value is -1.59. The van der Waals surface area contributed by atoms with Gasteiger partial charge in [0.05, 0.1) is 6.54 Å². The van der Waals surface area contributed by atoms with Crippen LogP contribution in [0, 0.1) is 5.92 Å². The summed E-state index contributed by atoms with van der Waals surface area (Å²) in [4.78, 5) is 16.4. The Labute approximate surface area is 140 Å². The van der Waals surface area contributed by atoms with Gasteiger partial charge in [-0.25, -0.2) is 0 Å². The van der Waals surface area contributed by atoms with E-state index in [1.165, 1.54) is 18.5 Å². The van der Waals surface area contributed by atoms with Gasteiger partial charge in [-0.1, -0.05) is 6.92 Å². The number of amides is 1. The molecule has 1 saturated heterocycles. The van der Waals surface area contributed by atoms with E-state index in [9.17, 15) is 4.79 Å². The molecule has 0 atom stereocenters. The Morgan fingerprint density at radius 1 is 1.22 bits per heavy atom. The minimum atomic E-state index is 0.00306. The van der Waals surface area contributed by atoms with Crippen LogP contribution in [0.4, 0.5) is 11.4 Å². The summed E-state index contributed by atoms with van der Waals surface area (Å²) in [5.41, 5.74) is 2.11. The van der Waals surface area contributed by atoms with Crippen molar-refractivity contribution >= 4 is 17.3 Å². The lowest BCUT2D eigenvalue weighted by molar-refractivity contribution is -0.115. The normalized spacial score (nSPS) is 15.9. The Morgan fingerprint density at radius 2 is 1.87 bits per heavy atom. The van der Waals surface area contributed by atoms with Crippen LogP contribution in [0.3, 0.4) is 0 Å². The molecular weight excluding hydrogens is 288 g/mol. The number of benzene rings is 1. The van der Waals surface area contributed by atoms with Gasteiger partial charge in [0.2, 0.25) is 5.91 Å². The summed E-state index contributed by atoms with van der Waals surface area (Å²) >= 11 is 0. The van der Waals surface area contributed by atoms with Crippen LogP contribution < -0.4 is 15.5 Å². The van der Waals surface area contributed by atoms with E-state index < -0.39 is 0 Å². The SMILES string of the molecule is CC1CCN(c2ccc(NC(=O)CNCCN(C)C)cc2)CC1. The van der Waals surface area contributed by atoms with Gasteiger partial charge in [0.25, 0.3) is 0 Å². The van der Waals surface area contributed by atoms with Crippen LogP contribution in [-0.4, -0.2) is 57.6 Å². The van der Waals surface area contributed by atoms with E-state index in [1.54, 1.807) is 0 Å². The molecule has 1 aliphatic heterocycles. The first-order valence-corrected chi connectivity index (χ1v) is 8.55. The molecule has 1 aliphatic rings. The Balaban J connectivity index is 1.75. The lowest BCUT2D eigenvalue weighted by Gasteiger charge is -2.32. The maximum absolute atomic E-state index is 11.9. The van der Waals surface area contributed by atoms with Crippen molar-refractivity contribution in [2.24, 2.45) is 5.92 Å². The minimum Gasteiger partial charge on any atom is -0.372 e. The van der Waals surface area contributed by atoms with Gasteiger partial charge in [-0.05, 0) is 57.1 Å². The van der Waals surface area contributed by atoms with Gasteiger partial charge < -0.3 is 20.4 Å². The van der Waals surface area contributed by atoms with Crippen molar-refractivity contribution in [1.82, 2.24) is 10.2 Å². The smallest absolute Gasteiger partial charge is 0.238 e. The molecule has 1 heterocycles. The van der Waals surface area contributed by atoms with Crippen molar-refractivity contribution in [2.75, 3.05) is 57.0 Å². The second-order valence-corrected chi connectivity index (χ2v) is 6.74. The van der Waals surface area contributed by atoms with Crippen LogP contribution in [0.2, 0.25) is 0 Å². The summed E-state index contributed by atoms with van der Waals surface area (Å²) in [6.07, 6.45) is 2.52. The highest BCUT2D eigenvalue weighted by Gasteiger charge is 2.15. The predicted octanol–water partition coefficient (Wildman–Crippen LogP) is 2.01. The van der Waals surface area contributed by atoms with Gasteiger partial charge in [0, 0.05) is 37.6 Å². The lowest BCUT2D eigenvalue weighted by atomic mass is 9.99. The zero-order valence-electron chi connectivity index (χ0n) is 14.6. The van der Waals surface area contributed by atoms with Crippen molar-refractivity contribution in [3.8, 4) is 0 Å². The summed E-state index contributed by atoms with van der Waals surface area (Å²) in [5, 5.41) is 6.08. The van der Waals surface area contributed by atoms with E-state index in [0.29, 0.717) is 6.54 Å². The molecule has 128 valence electrons. The molecule has 1 amide bonds. The number of carbonyl (C=O) groups excluding carboxylic acids is 1. The molecule has 5 heteroatoms. The highest BCUT2D eigenvalue weighted by molar-refractivity contribution is 5.92. The van der Waals surface area contributed by atoms with E-state index in [1.807, 2.05) is 26.2 Å². The number of carbonyl (C=O) groups is 1. The second kappa shape index (κ2) is 8.89. The molecule has 2 N–H and O–H groups in total. The molecule has 0 bridgehead atoms. The molecule has 23 heavy (non-hydrogen) atoms. The lowest BCUT2D eigenvalue weighted by Crippen LogP contribution is -2.33. The molecule has 5 nitrogen and oxygen atoms in total. The summed E-state index contributed by atoms with van der Waals surface area (Å²) in [6, 6.07) is 8.19. The maximum atomic E-state index is 11.9. The van der Waals surface area contributed by atoms with E-state index in [0.717, 1.165) is 37.8 Å². The average molecular weight is 318 g/mol. The number of rotatable bonds is 7. The van der Waals surface area contributed by atoms with Crippen LogP contribution in [0.5, 0.6) is 0 Å². The van der Waals surface area contributed by atoms with Gasteiger partial charge in [-0.2, -0.15) is 0 Å². The Kier molecular flexibility index (Phi) is 6.86. The van der Waals surface area contributed by atoms with Crippen molar-refractivity contribution in [3.05, 3.63) is 24.3 Å². The summed E-state index contributed by atoms with van der Waals surface area (Å²) in [6.45, 7) is 6.66. The number of hydrogen-bond acceptors (Lipinski definition) is 4. The standard InChI is InChI=1S/C18H30N4O/c1-15-8-11-22(12-9-15)17-6-4-16(5-7-17)20-18(23)14-19-10-13-21(2)3/h4-7,15,19H,8-14H2,1-3H3,(H,20,23). The van der Waals surface area contributed by atoms with Crippen LogP contribution in [0.25, 0.3) is 0 Å². The fourth-order valence-electron chi connectivity index (χ4n) is 2.73. The largest absolute Gasteiger partial charge is 0.372 e. The molecule has 2 rings (SSSR count). The van der Waals surface area contributed by atoms with Crippen molar-refractivity contribution in [1.29, 1.82) is 0 Å². The van der Waals surface area contributed by atoms with E-state index in [4.69, 9.17) is 0 Å². The van der Waals surface area contributed by atoms with Crippen molar-refractivity contribution < 1.29 is 4.79 Å². The van der Waals surface area contributed by atoms with Gasteiger partial charge in [0.1, 0.15) is 0 Å². The molecule has 0 aliphatic carbocycles. The third-order valence-corrected chi connectivity index (χ3v) is 4.32. The average Bonchev–Trinajstić information content (AvgIpc) is 2.53. The van der Waals surface area contributed by atoms with Crippen LogP contribution in [0.1, 0.15) is 19.8 Å². The quantitative estimate of drug-likeness (QED) is 0.755. The molecule has 0 radical (unpaired) electrons. The van der Waals surface area contributed by atoms with Crippen molar-refractivity contribution in [2.45, 2.75) is 19.8 Å². The molecule has 0 spiro atoms. The van der Waals surface area contributed by atoms with E-state index >= 15 is 0 Å². The number of anilines is 2. The van der Waals surface area contributed by atoms with Crippen LogP contribution >= 0.6 is 0 Å². The Morgan fingerprint density at radius 3 is 2.48 bits per heavy atom. The highest BCUT2D eigenvalue weighted by Crippen LogP contribution is 2.24. The van der Waals surface area contributed by atoms with Gasteiger partial charge in [0.15, 0.2) is 0 Å². The first-order valence-electron chi connectivity index (χ1n) is 8.55. The molecular formula is C18H30N4O. The topological polar surface area (TPSA) is 47.6 Å². The highest BCUT2D eigenvalue weighted by atomic mass is 16.1. The molecule has 1 aromatic carbocycles. The van der Waals surface area contributed by atoms with Gasteiger partial charge in [-0.15, -0.1) is 0 Å². The number of likely N-dealkylation sites (N-methyl/N-ethyl adjacent to an activating group) is 1. The van der Waals surface area contributed by atoms with Crippen molar-refractivity contribution in [3.63, 3.8) is 0 Å². The zero-order chi connectivity index (χ0) is 16.7. The fraction of sp³-hybridized carbons (Fsp3) is 0.611. The number of nitrogens with zero attached hydrogens (tertiary/aromatic N) is 2. The number of hydrogen-bond donors (Lipinski definition) is 2. The maximum Gasteiger partial charge on any atom is 0.238 e. The van der Waals surface area contributed by atoms with Crippen LogP contribution in [0.15, 0.2) is 24.3 Å². The van der Waals surface area contributed by atoms with Gasteiger partial charge in [-0.3, -0.25) is 4.79 Å². The molecule has 0 saturated carbocycles. The second-order valence-electron chi connectivity index (χ2n) is 6.74. The predicted molar refractivity (Wildman–Crippen MR) is 97.1 cm³/mol. The zero-order valence-corrected chi connectivity index (χ0v) is 14.6. The van der Waals surface area contributed by atoms with E-state index in [2.05, 4.69) is 39.5 Å².